The SMILES string of the molecule is COc1cc(Cl)ccc1-c1c(F)cccc1Cl. The van der Waals surface area contributed by atoms with Gasteiger partial charge in [0.25, 0.3) is 0 Å². The van der Waals surface area contributed by atoms with Gasteiger partial charge in [-0.15, -0.1) is 0 Å². The number of benzene rings is 2. The van der Waals surface area contributed by atoms with Crippen LogP contribution in [0.3, 0.4) is 0 Å². The molecule has 0 spiro atoms. The van der Waals surface area contributed by atoms with Gasteiger partial charge in [-0.25, -0.2) is 4.39 Å². The summed E-state index contributed by atoms with van der Waals surface area (Å²) in [7, 11) is 1.50. The first kappa shape index (κ1) is 12.2. The normalized spacial score (nSPS) is 10.4. The van der Waals surface area contributed by atoms with Gasteiger partial charge >= 0.3 is 0 Å². The van der Waals surface area contributed by atoms with E-state index in [4.69, 9.17) is 27.9 Å². The fourth-order valence-electron chi connectivity index (χ4n) is 1.63. The number of ether oxygens (including phenoxy) is 1. The minimum Gasteiger partial charge on any atom is -0.496 e. The van der Waals surface area contributed by atoms with Crippen LogP contribution in [-0.4, -0.2) is 7.11 Å². The Labute approximate surface area is 109 Å². The summed E-state index contributed by atoms with van der Waals surface area (Å²) < 4.78 is 19.0. The minimum atomic E-state index is -0.391. The molecule has 0 saturated carbocycles. The Morgan fingerprint density at radius 2 is 1.88 bits per heavy atom. The van der Waals surface area contributed by atoms with E-state index in [9.17, 15) is 4.39 Å². The van der Waals surface area contributed by atoms with Crippen LogP contribution in [0, 0.1) is 5.82 Å². The first-order chi connectivity index (χ1) is 8.13. The lowest BCUT2D eigenvalue weighted by atomic mass is 10.0. The highest BCUT2D eigenvalue weighted by Crippen LogP contribution is 2.37. The first-order valence-corrected chi connectivity index (χ1v) is 5.67. The molecule has 17 heavy (non-hydrogen) atoms. The lowest BCUT2D eigenvalue weighted by Gasteiger charge is -2.11. The van der Waals surface area contributed by atoms with Gasteiger partial charge in [0.05, 0.1) is 12.1 Å². The largest absolute Gasteiger partial charge is 0.496 e. The molecular formula is C13H9Cl2FO. The Bertz CT molecular complexity index is 535. The summed E-state index contributed by atoms with van der Waals surface area (Å²) in [6, 6.07) is 9.53. The van der Waals surface area contributed by atoms with Crippen LogP contribution in [0.5, 0.6) is 5.75 Å². The van der Waals surface area contributed by atoms with Crippen LogP contribution in [0.2, 0.25) is 10.0 Å². The van der Waals surface area contributed by atoms with Gasteiger partial charge in [-0.1, -0.05) is 29.3 Å². The zero-order valence-electron chi connectivity index (χ0n) is 9.01. The average Bonchev–Trinajstić information content (AvgIpc) is 2.30. The van der Waals surface area contributed by atoms with Gasteiger partial charge in [-0.3, -0.25) is 0 Å². The predicted octanol–water partition coefficient (Wildman–Crippen LogP) is 4.81. The molecule has 0 radical (unpaired) electrons. The van der Waals surface area contributed by atoms with E-state index in [1.807, 2.05) is 0 Å². The third kappa shape index (κ3) is 2.38. The highest BCUT2D eigenvalue weighted by atomic mass is 35.5. The summed E-state index contributed by atoms with van der Waals surface area (Å²) in [4.78, 5) is 0. The molecule has 0 saturated heterocycles. The fraction of sp³-hybridized carbons (Fsp3) is 0.0769. The molecule has 0 unspecified atom stereocenters. The van der Waals surface area contributed by atoms with Gasteiger partial charge in [0.1, 0.15) is 11.6 Å². The molecule has 2 aromatic carbocycles. The quantitative estimate of drug-likeness (QED) is 0.761. The summed E-state index contributed by atoms with van der Waals surface area (Å²) in [6.07, 6.45) is 0. The van der Waals surface area contributed by atoms with E-state index < -0.39 is 5.82 Å². The summed E-state index contributed by atoms with van der Waals surface area (Å²) in [5, 5.41) is 0.865. The second-order valence-electron chi connectivity index (χ2n) is 3.44. The van der Waals surface area contributed by atoms with Crippen LogP contribution >= 0.6 is 23.2 Å². The van der Waals surface area contributed by atoms with Crippen molar-refractivity contribution in [1.82, 2.24) is 0 Å². The maximum absolute atomic E-state index is 13.8. The molecule has 4 heteroatoms. The zero-order chi connectivity index (χ0) is 12.4. The fourth-order valence-corrected chi connectivity index (χ4v) is 2.05. The van der Waals surface area contributed by atoms with Crippen LogP contribution in [0.15, 0.2) is 36.4 Å². The molecule has 0 atom stereocenters. The molecule has 0 bridgehead atoms. The van der Waals surface area contributed by atoms with Crippen molar-refractivity contribution >= 4 is 23.2 Å². The molecule has 88 valence electrons. The predicted molar refractivity (Wildman–Crippen MR) is 68.4 cm³/mol. The Hall–Kier alpha value is -1.25. The molecule has 0 aromatic heterocycles. The van der Waals surface area contributed by atoms with Gasteiger partial charge in [0.15, 0.2) is 0 Å². The molecule has 0 aliphatic carbocycles. The number of methoxy groups -OCH3 is 1. The average molecular weight is 271 g/mol. The van der Waals surface area contributed by atoms with Crippen LogP contribution < -0.4 is 4.74 Å². The summed E-state index contributed by atoms with van der Waals surface area (Å²) in [6.45, 7) is 0. The second-order valence-corrected chi connectivity index (χ2v) is 4.28. The van der Waals surface area contributed by atoms with Crippen LogP contribution in [0.25, 0.3) is 11.1 Å². The zero-order valence-corrected chi connectivity index (χ0v) is 10.5. The van der Waals surface area contributed by atoms with Crippen molar-refractivity contribution in [1.29, 1.82) is 0 Å². The monoisotopic (exact) mass is 270 g/mol. The molecule has 2 rings (SSSR count). The maximum Gasteiger partial charge on any atom is 0.132 e. The van der Waals surface area contributed by atoms with Crippen LogP contribution in [0.4, 0.5) is 4.39 Å². The second kappa shape index (κ2) is 4.94. The Kier molecular flexibility index (Phi) is 3.55. The Morgan fingerprint density at radius 1 is 1.12 bits per heavy atom. The number of halogens is 3. The van der Waals surface area contributed by atoms with Crippen molar-refractivity contribution in [2.24, 2.45) is 0 Å². The first-order valence-electron chi connectivity index (χ1n) is 4.91. The van der Waals surface area contributed by atoms with Crippen molar-refractivity contribution in [3.05, 3.63) is 52.3 Å². The van der Waals surface area contributed by atoms with E-state index in [0.717, 1.165) is 0 Å². The molecule has 1 nitrogen and oxygen atoms in total. The summed E-state index contributed by atoms with van der Waals surface area (Å²) >= 11 is 11.9. The molecule has 0 fully saturated rings. The molecule has 0 aliphatic heterocycles. The lowest BCUT2D eigenvalue weighted by Crippen LogP contribution is -1.91. The Morgan fingerprint density at radius 3 is 2.53 bits per heavy atom. The van der Waals surface area contributed by atoms with Crippen LogP contribution in [-0.2, 0) is 0 Å². The van der Waals surface area contributed by atoms with Crippen LogP contribution in [0.1, 0.15) is 0 Å². The summed E-state index contributed by atoms with van der Waals surface area (Å²) in [5.41, 5.74) is 0.905. The highest BCUT2D eigenvalue weighted by Gasteiger charge is 2.14. The number of hydrogen-bond donors (Lipinski definition) is 0. The van der Waals surface area contributed by atoms with Crippen molar-refractivity contribution in [3.63, 3.8) is 0 Å². The van der Waals surface area contributed by atoms with E-state index in [-0.39, 0.29) is 0 Å². The Balaban J connectivity index is 2.68. The third-order valence-corrected chi connectivity index (χ3v) is 2.95. The third-order valence-electron chi connectivity index (χ3n) is 2.40. The van der Waals surface area contributed by atoms with E-state index >= 15 is 0 Å². The molecular weight excluding hydrogens is 262 g/mol. The van der Waals surface area contributed by atoms with Gasteiger partial charge in [-0.2, -0.15) is 0 Å². The molecule has 0 N–H and O–H groups in total. The van der Waals surface area contributed by atoms with Gasteiger partial charge in [0, 0.05) is 16.1 Å². The number of rotatable bonds is 2. The highest BCUT2D eigenvalue weighted by molar-refractivity contribution is 6.33. The maximum atomic E-state index is 13.8. The van der Waals surface area contributed by atoms with Crippen molar-refractivity contribution in [3.8, 4) is 16.9 Å². The van der Waals surface area contributed by atoms with Gasteiger partial charge in [0.2, 0.25) is 0 Å². The van der Waals surface area contributed by atoms with Gasteiger partial charge < -0.3 is 4.74 Å². The molecule has 2 aromatic rings. The standard InChI is InChI=1S/C13H9Cl2FO/c1-17-12-7-8(14)5-6-9(12)13-10(15)3-2-4-11(13)16/h2-7H,1H3. The molecule has 0 amide bonds. The van der Waals surface area contributed by atoms with E-state index in [0.29, 0.717) is 26.9 Å². The topological polar surface area (TPSA) is 9.23 Å². The summed E-state index contributed by atoms with van der Waals surface area (Å²) in [5.74, 6) is 0.0997. The molecule has 0 heterocycles. The smallest absolute Gasteiger partial charge is 0.132 e. The van der Waals surface area contributed by atoms with E-state index in [1.165, 1.54) is 13.2 Å². The van der Waals surface area contributed by atoms with Gasteiger partial charge in [-0.05, 0) is 30.3 Å². The van der Waals surface area contributed by atoms with Crippen molar-refractivity contribution < 1.29 is 9.13 Å². The minimum absolute atomic E-state index is 0.322. The lowest BCUT2D eigenvalue weighted by molar-refractivity contribution is 0.416. The van der Waals surface area contributed by atoms with E-state index in [2.05, 4.69) is 0 Å². The van der Waals surface area contributed by atoms with Crippen molar-refractivity contribution in [2.75, 3.05) is 7.11 Å². The molecule has 0 aliphatic rings. The van der Waals surface area contributed by atoms with Crippen molar-refractivity contribution in [2.45, 2.75) is 0 Å². The number of hydrogen-bond acceptors (Lipinski definition) is 1. The van der Waals surface area contributed by atoms with E-state index in [1.54, 1.807) is 30.3 Å².